The predicted octanol–water partition coefficient (Wildman–Crippen LogP) is 0.995. The molecule has 1 heterocycles. The number of nitrogens with one attached hydrogen (secondary N) is 2. The predicted molar refractivity (Wildman–Crippen MR) is 86.7 cm³/mol. The summed E-state index contributed by atoms with van der Waals surface area (Å²) in [6.45, 7) is 4.32. The molecule has 7 nitrogen and oxygen atoms in total. The van der Waals surface area contributed by atoms with Gasteiger partial charge in [-0.25, -0.2) is 0 Å². The minimum atomic E-state index is 0.370. The van der Waals surface area contributed by atoms with Crippen molar-refractivity contribution in [2.75, 3.05) is 27.3 Å². The summed E-state index contributed by atoms with van der Waals surface area (Å²) < 4.78 is 7.21. The first-order chi connectivity index (χ1) is 10.6. The fourth-order valence-corrected chi connectivity index (χ4v) is 2.77. The zero-order valence-corrected chi connectivity index (χ0v) is 14.1. The number of aryl methyl sites for hydroxylation is 1. The van der Waals surface area contributed by atoms with Crippen LogP contribution in [0, 0.1) is 12.3 Å². The molecule has 2 N–H and O–H groups in total. The third-order valence-corrected chi connectivity index (χ3v) is 4.70. The number of methoxy groups -OCH3 is 1. The molecule has 1 aliphatic rings. The Morgan fingerprint density at radius 3 is 2.64 bits per heavy atom. The van der Waals surface area contributed by atoms with Gasteiger partial charge in [-0.2, -0.15) is 0 Å². The molecule has 0 atom stereocenters. The fourth-order valence-electron chi connectivity index (χ4n) is 2.77. The van der Waals surface area contributed by atoms with Gasteiger partial charge in [0.05, 0.1) is 6.54 Å². The van der Waals surface area contributed by atoms with Crippen LogP contribution in [-0.4, -0.2) is 48.0 Å². The van der Waals surface area contributed by atoms with Crippen LogP contribution >= 0.6 is 0 Å². The molecule has 1 aromatic heterocycles. The summed E-state index contributed by atoms with van der Waals surface area (Å²) in [4.78, 5) is 4.29. The smallest absolute Gasteiger partial charge is 0.191 e. The summed E-state index contributed by atoms with van der Waals surface area (Å²) in [5, 5.41) is 15.0. The van der Waals surface area contributed by atoms with Gasteiger partial charge in [-0.15, -0.1) is 10.2 Å². The van der Waals surface area contributed by atoms with Crippen LogP contribution in [0.4, 0.5) is 0 Å². The minimum Gasteiger partial charge on any atom is -0.385 e. The standard InChI is InChI=1S/C15H28N6O/c1-12-19-20-13(21(12)3)10-17-14(16-2)18-11-15(6-5-7-15)8-9-22-4/h5-11H2,1-4H3,(H2,16,17,18). The molecule has 0 amide bonds. The van der Waals surface area contributed by atoms with Gasteiger partial charge in [-0.3, -0.25) is 4.99 Å². The van der Waals surface area contributed by atoms with Gasteiger partial charge in [0.15, 0.2) is 11.8 Å². The zero-order valence-electron chi connectivity index (χ0n) is 14.1. The monoisotopic (exact) mass is 308 g/mol. The second kappa shape index (κ2) is 7.58. The largest absolute Gasteiger partial charge is 0.385 e. The van der Waals surface area contributed by atoms with Crippen molar-refractivity contribution in [3.05, 3.63) is 11.6 Å². The Morgan fingerprint density at radius 1 is 1.36 bits per heavy atom. The third-order valence-electron chi connectivity index (χ3n) is 4.70. The van der Waals surface area contributed by atoms with Crippen LogP contribution < -0.4 is 10.6 Å². The summed E-state index contributed by atoms with van der Waals surface area (Å²) in [6, 6.07) is 0. The lowest BCUT2D eigenvalue weighted by Gasteiger charge is -2.42. The zero-order chi connectivity index (χ0) is 16.0. The summed E-state index contributed by atoms with van der Waals surface area (Å²) >= 11 is 0. The van der Waals surface area contributed by atoms with E-state index in [0.29, 0.717) is 12.0 Å². The second-order valence-electron chi connectivity index (χ2n) is 6.10. The first-order valence-electron chi connectivity index (χ1n) is 7.88. The highest BCUT2D eigenvalue weighted by atomic mass is 16.5. The van der Waals surface area contributed by atoms with Crippen LogP contribution in [0.2, 0.25) is 0 Å². The molecule has 7 heteroatoms. The number of nitrogens with zero attached hydrogens (tertiary/aromatic N) is 4. The van der Waals surface area contributed by atoms with E-state index in [1.54, 1.807) is 14.2 Å². The third kappa shape index (κ3) is 3.97. The lowest BCUT2D eigenvalue weighted by atomic mass is 9.67. The van der Waals surface area contributed by atoms with Crippen molar-refractivity contribution in [2.45, 2.75) is 39.2 Å². The molecule has 1 aliphatic carbocycles. The SMILES string of the molecule is CN=C(NCc1nnc(C)n1C)NCC1(CCOC)CCC1. The van der Waals surface area contributed by atoms with Gasteiger partial charge in [0, 0.05) is 34.4 Å². The minimum absolute atomic E-state index is 0.370. The van der Waals surface area contributed by atoms with E-state index in [9.17, 15) is 0 Å². The molecule has 22 heavy (non-hydrogen) atoms. The summed E-state index contributed by atoms with van der Waals surface area (Å²) in [6.07, 6.45) is 4.96. The Hall–Kier alpha value is -1.63. The number of hydrogen-bond donors (Lipinski definition) is 2. The highest BCUT2D eigenvalue weighted by Crippen LogP contribution is 2.43. The van der Waals surface area contributed by atoms with Gasteiger partial charge in [-0.05, 0) is 31.6 Å². The average molecular weight is 308 g/mol. The number of hydrogen-bond acceptors (Lipinski definition) is 4. The molecule has 0 spiro atoms. The molecule has 0 bridgehead atoms. The van der Waals surface area contributed by atoms with Crippen LogP contribution in [0.5, 0.6) is 0 Å². The topological polar surface area (TPSA) is 76.4 Å². The highest BCUT2D eigenvalue weighted by molar-refractivity contribution is 5.79. The first-order valence-corrected chi connectivity index (χ1v) is 7.88. The molecule has 0 radical (unpaired) electrons. The number of ether oxygens (including phenoxy) is 1. The maximum atomic E-state index is 5.24. The van der Waals surface area contributed by atoms with Crippen molar-refractivity contribution in [3.63, 3.8) is 0 Å². The van der Waals surface area contributed by atoms with E-state index in [2.05, 4.69) is 25.8 Å². The van der Waals surface area contributed by atoms with Crippen molar-refractivity contribution in [1.29, 1.82) is 0 Å². The normalized spacial score (nSPS) is 17.2. The van der Waals surface area contributed by atoms with E-state index in [1.165, 1.54) is 19.3 Å². The van der Waals surface area contributed by atoms with Crippen LogP contribution in [0.3, 0.4) is 0 Å². The fraction of sp³-hybridized carbons (Fsp3) is 0.800. The van der Waals surface area contributed by atoms with Crippen LogP contribution in [0.1, 0.15) is 37.3 Å². The molecule has 124 valence electrons. The number of aliphatic imine (C=N–C) groups is 1. The summed E-state index contributed by atoms with van der Waals surface area (Å²) in [7, 11) is 5.53. The maximum absolute atomic E-state index is 5.24. The lowest BCUT2D eigenvalue weighted by molar-refractivity contribution is 0.0732. The lowest BCUT2D eigenvalue weighted by Crippen LogP contribution is -2.46. The van der Waals surface area contributed by atoms with Gasteiger partial charge in [-0.1, -0.05) is 6.42 Å². The molecule has 1 saturated carbocycles. The Labute approximate surface area is 132 Å². The van der Waals surface area contributed by atoms with Crippen LogP contribution in [0.15, 0.2) is 4.99 Å². The quantitative estimate of drug-likeness (QED) is 0.580. The molecule has 2 rings (SSSR count). The van der Waals surface area contributed by atoms with Crippen LogP contribution in [-0.2, 0) is 18.3 Å². The Balaban J connectivity index is 1.81. The molecule has 0 aliphatic heterocycles. The van der Waals surface area contributed by atoms with Crippen molar-refractivity contribution in [3.8, 4) is 0 Å². The van der Waals surface area contributed by atoms with Gasteiger partial charge in [0.1, 0.15) is 5.82 Å². The van der Waals surface area contributed by atoms with Crippen molar-refractivity contribution >= 4 is 5.96 Å². The second-order valence-corrected chi connectivity index (χ2v) is 6.10. The van der Waals surface area contributed by atoms with Crippen LogP contribution in [0.25, 0.3) is 0 Å². The molecular formula is C15H28N6O. The highest BCUT2D eigenvalue weighted by Gasteiger charge is 2.36. The summed E-state index contributed by atoms with van der Waals surface area (Å²) in [5.74, 6) is 2.62. The van der Waals surface area contributed by atoms with E-state index in [-0.39, 0.29) is 0 Å². The molecule has 0 aromatic carbocycles. The van der Waals surface area contributed by atoms with Gasteiger partial charge < -0.3 is 19.9 Å². The Morgan fingerprint density at radius 2 is 2.14 bits per heavy atom. The maximum Gasteiger partial charge on any atom is 0.191 e. The summed E-state index contributed by atoms with van der Waals surface area (Å²) in [5.41, 5.74) is 0.370. The van der Waals surface area contributed by atoms with Crippen molar-refractivity contribution in [2.24, 2.45) is 17.5 Å². The van der Waals surface area contributed by atoms with E-state index < -0.39 is 0 Å². The van der Waals surface area contributed by atoms with E-state index >= 15 is 0 Å². The van der Waals surface area contributed by atoms with E-state index in [4.69, 9.17) is 4.74 Å². The molecular weight excluding hydrogens is 280 g/mol. The number of aromatic nitrogens is 3. The van der Waals surface area contributed by atoms with Gasteiger partial charge in [0.25, 0.3) is 0 Å². The molecule has 1 fully saturated rings. The molecule has 1 aromatic rings. The Bertz CT molecular complexity index is 506. The van der Waals surface area contributed by atoms with Crippen molar-refractivity contribution in [1.82, 2.24) is 25.4 Å². The average Bonchev–Trinajstić information content (AvgIpc) is 2.80. The Kier molecular flexibility index (Phi) is 5.76. The van der Waals surface area contributed by atoms with E-state index in [0.717, 1.165) is 37.2 Å². The first kappa shape index (κ1) is 16.7. The van der Waals surface area contributed by atoms with E-state index in [1.807, 2.05) is 18.5 Å². The van der Waals surface area contributed by atoms with Gasteiger partial charge >= 0.3 is 0 Å². The van der Waals surface area contributed by atoms with Gasteiger partial charge in [0.2, 0.25) is 0 Å². The molecule has 0 unspecified atom stereocenters. The van der Waals surface area contributed by atoms with Crippen molar-refractivity contribution < 1.29 is 4.74 Å². The number of guanidine groups is 1. The molecule has 0 saturated heterocycles. The number of rotatable bonds is 7.